The molecule has 0 aliphatic rings. The van der Waals surface area contributed by atoms with E-state index in [0.29, 0.717) is 36.9 Å². The Morgan fingerprint density at radius 3 is 2.44 bits per heavy atom. The number of nitrogens with one attached hydrogen (secondary N) is 2. The van der Waals surface area contributed by atoms with Crippen molar-refractivity contribution < 1.29 is 19.2 Å². The third kappa shape index (κ3) is 5.88. The number of carbonyl (C=O) groups excluding carboxylic acids is 1. The Hall–Kier alpha value is -2.24. The molecule has 2 aromatic rings. The number of ether oxygens (including phenoxy) is 2. The number of carbonyl (C=O) groups is 1. The van der Waals surface area contributed by atoms with Gasteiger partial charge in [0.25, 0.3) is 5.91 Å². The van der Waals surface area contributed by atoms with Crippen molar-refractivity contribution in [2.45, 2.75) is 26.8 Å². The van der Waals surface area contributed by atoms with E-state index < -0.39 is 0 Å². The summed E-state index contributed by atoms with van der Waals surface area (Å²) in [6, 6.07) is 13.3. The van der Waals surface area contributed by atoms with Crippen LogP contribution in [0.1, 0.15) is 32.4 Å². The minimum absolute atomic E-state index is 0.0713. The molecule has 0 saturated carbocycles. The first kappa shape index (κ1) is 21.1. The summed E-state index contributed by atoms with van der Waals surface area (Å²) in [6.07, 6.45) is 0. The molecular weight excluding hydrogens is 364 g/mol. The van der Waals surface area contributed by atoms with E-state index in [0.717, 1.165) is 15.5 Å². The Bertz CT molecular complexity index is 767. The summed E-state index contributed by atoms with van der Waals surface area (Å²) in [7, 11) is 1.98. The van der Waals surface area contributed by atoms with Crippen molar-refractivity contribution in [3.8, 4) is 11.5 Å². The number of hydrogen-bond donors (Lipinski definition) is 2. The first-order valence-electron chi connectivity index (χ1n) is 9.22. The van der Waals surface area contributed by atoms with Gasteiger partial charge in [-0.25, -0.2) is 0 Å². The molecule has 0 aliphatic carbocycles. The van der Waals surface area contributed by atoms with Crippen LogP contribution in [0.5, 0.6) is 11.5 Å². The van der Waals surface area contributed by atoms with Crippen molar-refractivity contribution in [3.05, 3.63) is 53.1 Å². The topological polar surface area (TPSA) is 52.0 Å². The number of likely N-dealkylation sites (N-methyl/N-ethyl adjacent to an activating group) is 1. The van der Waals surface area contributed by atoms with Crippen LogP contribution in [0.25, 0.3) is 0 Å². The van der Waals surface area contributed by atoms with E-state index in [9.17, 15) is 4.79 Å². The third-order valence-electron chi connectivity index (χ3n) is 4.38. The number of rotatable bonds is 9. The predicted molar refractivity (Wildman–Crippen MR) is 109 cm³/mol. The number of amides is 1. The second-order valence-electron chi connectivity index (χ2n) is 6.34. The smallest absolute Gasteiger partial charge is 0.279 e. The fourth-order valence-electron chi connectivity index (χ4n) is 2.83. The van der Waals surface area contributed by atoms with Gasteiger partial charge in [-0.1, -0.05) is 29.8 Å². The second kappa shape index (κ2) is 10.2. The van der Waals surface area contributed by atoms with Gasteiger partial charge in [-0.15, -0.1) is 0 Å². The molecule has 5 nitrogen and oxygen atoms in total. The molecular formula is C21H28ClN2O3+. The van der Waals surface area contributed by atoms with Crippen LogP contribution < -0.4 is 19.7 Å². The van der Waals surface area contributed by atoms with Crippen LogP contribution in [-0.4, -0.2) is 32.7 Å². The number of quaternary nitrogens is 1. The Morgan fingerprint density at radius 2 is 1.78 bits per heavy atom. The molecule has 146 valence electrons. The Kier molecular flexibility index (Phi) is 7.95. The largest absolute Gasteiger partial charge is 0.490 e. The highest BCUT2D eigenvalue weighted by atomic mass is 35.5. The third-order valence-corrected chi connectivity index (χ3v) is 4.72. The fourth-order valence-corrected chi connectivity index (χ4v) is 3.13. The summed E-state index contributed by atoms with van der Waals surface area (Å²) in [4.78, 5) is 13.5. The minimum Gasteiger partial charge on any atom is -0.490 e. The van der Waals surface area contributed by atoms with Crippen molar-refractivity contribution >= 4 is 23.2 Å². The molecule has 2 N–H and O–H groups in total. The molecule has 0 bridgehead atoms. The lowest BCUT2D eigenvalue weighted by Crippen LogP contribution is -3.10. The van der Waals surface area contributed by atoms with Gasteiger partial charge in [-0.3, -0.25) is 4.79 Å². The van der Waals surface area contributed by atoms with E-state index in [1.54, 1.807) is 6.07 Å². The molecule has 2 atom stereocenters. The van der Waals surface area contributed by atoms with Gasteiger partial charge in [0.2, 0.25) is 0 Å². The van der Waals surface area contributed by atoms with Crippen LogP contribution in [0.3, 0.4) is 0 Å². The lowest BCUT2D eigenvalue weighted by molar-refractivity contribution is -0.902. The molecule has 0 aliphatic heterocycles. The zero-order valence-corrected chi connectivity index (χ0v) is 17.1. The monoisotopic (exact) mass is 391 g/mol. The first-order valence-corrected chi connectivity index (χ1v) is 9.60. The first-order chi connectivity index (χ1) is 13.0. The van der Waals surface area contributed by atoms with Gasteiger partial charge in [-0.2, -0.15) is 0 Å². The van der Waals surface area contributed by atoms with Crippen LogP contribution in [0.15, 0.2) is 42.5 Å². The van der Waals surface area contributed by atoms with Crippen LogP contribution in [0.4, 0.5) is 5.69 Å². The summed E-state index contributed by atoms with van der Waals surface area (Å²) in [5, 5.41) is 3.65. The molecule has 0 heterocycles. The van der Waals surface area contributed by atoms with E-state index in [1.807, 2.05) is 57.3 Å². The molecule has 0 spiro atoms. The van der Waals surface area contributed by atoms with E-state index in [2.05, 4.69) is 12.2 Å². The standard InChI is InChI=1S/C21H27ClN2O3/c1-5-26-19-12-11-16(13-20(19)27-6-2)23-21(25)14-24(4)15(3)17-9-7-8-10-18(17)22/h7-13,15H,5-6,14H2,1-4H3,(H,23,25)/p+1/t15-/m1/s1. The predicted octanol–water partition coefficient (Wildman–Crippen LogP) is 3.35. The van der Waals surface area contributed by atoms with Gasteiger partial charge in [0.05, 0.1) is 20.3 Å². The quantitative estimate of drug-likeness (QED) is 0.689. The molecule has 0 aromatic heterocycles. The van der Waals surface area contributed by atoms with Gasteiger partial charge in [0, 0.05) is 22.3 Å². The molecule has 0 saturated heterocycles. The summed E-state index contributed by atoms with van der Waals surface area (Å²) < 4.78 is 11.2. The molecule has 0 fully saturated rings. The normalized spacial score (nSPS) is 12.9. The average molecular weight is 392 g/mol. The van der Waals surface area contributed by atoms with Gasteiger partial charge >= 0.3 is 0 Å². The Balaban J connectivity index is 2.02. The van der Waals surface area contributed by atoms with Crippen LogP contribution in [0.2, 0.25) is 5.02 Å². The maximum absolute atomic E-state index is 12.5. The van der Waals surface area contributed by atoms with Gasteiger partial charge in [-0.05, 0) is 39.0 Å². The SMILES string of the molecule is CCOc1ccc(NC(=O)C[NH+](C)[C@H](C)c2ccccc2Cl)cc1OCC. The zero-order valence-electron chi connectivity index (χ0n) is 16.3. The molecule has 0 radical (unpaired) electrons. The van der Waals surface area contributed by atoms with E-state index >= 15 is 0 Å². The van der Waals surface area contributed by atoms with Crippen LogP contribution >= 0.6 is 11.6 Å². The van der Waals surface area contributed by atoms with Crippen molar-refractivity contribution in [1.29, 1.82) is 0 Å². The molecule has 2 aromatic carbocycles. The van der Waals surface area contributed by atoms with Crippen LogP contribution in [0, 0.1) is 0 Å². The van der Waals surface area contributed by atoms with Crippen molar-refractivity contribution in [2.24, 2.45) is 0 Å². The lowest BCUT2D eigenvalue weighted by Gasteiger charge is -2.22. The Labute approximate surface area is 166 Å². The van der Waals surface area contributed by atoms with Crippen molar-refractivity contribution in [1.82, 2.24) is 0 Å². The van der Waals surface area contributed by atoms with E-state index in [-0.39, 0.29) is 11.9 Å². The highest BCUT2D eigenvalue weighted by molar-refractivity contribution is 6.31. The van der Waals surface area contributed by atoms with Crippen molar-refractivity contribution in [3.63, 3.8) is 0 Å². The van der Waals surface area contributed by atoms with Crippen molar-refractivity contribution in [2.75, 3.05) is 32.1 Å². The summed E-state index contributed by atoms with van der Waals surface area (Å²) >= 11 is 6.28. The van der Waals surface area contributed by atoms with Gasteiger partial charge in [0.15, 0.2) is 18.0 Å². The number of hydrogen-bond acceptors (Lipinski definition) is 3. The minimum atomic E-state index is -0.0713. The average Bonchev–Trinajstić information content (AvgIpc) is 2.64. The van der Waals surface area contributed by atoms with Gasteiger partial charge < -0.3 is 19.7 Å². The maximum Gasteiger partial charge on any atom is 0.279 e. The lowest BCUT2D eigenvalue weighted by atomic mass is 10.1. The Morgan fingerprint density at radius 1 is 1.11 bits per heavy atom. The molecule has 1 unspecified atom stereocenters. The summed E-state index contributed by atoms with van der Waals surface area (Å²) in [5.41, 5.74) is 1.72. The molecule has 1 amide bonds. The van der Waals surface area contributed by atoms with Gasteiger partial charge in [0.1, 0.15) is 6.04 Å². The maximum atomic E-state index is 12.5. The molecule has 6 heteroatoms. The summed E-state index contributed by atoms with van der Waals surface area (Å²) in [6.45, 7) is 7.30. The van der Waals surface area contributed by atoms with E-state index in [1.165, 1.54) is 0 Å². The second-order valence-corrected chi connectivity index (χ2v) is 6.75. The zero-order chi connectivity index (χ0) is 19.8. The number of halogens is 1. The number of anilines is 1. The fraction of sp³-hybridized carbons (Fsp3) is 0.381. The highest BCUT2D eigenvalue weighted by Crippen LogP contribution is 2.30. The number of benzene rings is 2. The molecule has 2 rings (SSSR count). The summed E-state index contributed by atoms with van der Waals surface area (Å²) in [5.74, 6) is 1.23. The van der Waals surface area contributed by atoms with E-state index in [4.69, 9.17) is 21.1 Å². The highest BCUT2D eigenvalue weighted by Gasteiger charge is 2.21. The van der Waals surface area contributed by atoms with Crippen LogP contribution in [-0.2, 0) is 4.79 Å². The molecule has 27 heavy (non-hydrogen) atoms.